The fourth-order valence-electron chi connectivity index (χ4n) is 1.53. The Hall–Kier alpha value is -2.17. The number of hydrogen-bond acceptors (Lipinski definition) is 4. The van der Waals surface area contributed by atoms with E-state index < -0.39 is 5.97 Å². The van der Waals surface area contributed by atoms with Crippen molar-refractivity contribution >= 4 is 5.97 Å². The molecule has 0 radical (unpaired) electrons. The molecule has 0 saturated heterocycles. The van der Waals surface area contributed by atoms with E-state index in [0.29, 0.717) is 11.5 Å². The quantitative estimate of drug-likeness (QED) is 0.880. The Kier molecular flexibility index (Phi) is 2.91. The van der Waals surface area contributed by atoms with E-state index in [0.717, 1.165) is 5.56 Å². The molecular weight excluding hydrogens is 220 g/mol. The Morgan fingerprint density at radius 3 is 2.76 bits per heavy atom. The van der Waals surface area contributed by atoms with Crippen molar-refractivity contribution in [3.8, 4) is 11.4 Å². The molecule has 2 aromatic heterocycles. The van der Waals surface area contributed by atoms with Crippen molar-refractivity contribution in [3.05, 3.63) is 36.0 Å². The third-order valence-electron chi connectivity index (χ3n) is 2.37. The monoisotopic (exact) mass is 232 g/mol. The molecule has 0 spiro atoms. The van der Waals surface area contributed by atoms with Crippen molar-refractivity contribution in [3.63, 3.8) is 0 Å². The molecule has 0 amide bonds. The Bertz CT molecular complexity index is 533. The molecule has 0 unspecified atom stereocenters. The summed E-state index contributed by atoms with van der Waals surface area (Å²) < 4.78 is 4.95. The molecule has 17 heavy (non-hydrogen) atoms. The number of nitrogens with zero attached hydrogens (tertiary/aromatic N) is 2. The van der Waals surface area contributed by atoms with E-state index in [9.17, 15) is 4.79 Å². The molecule has 0 saturated carbocycles. The standard InChI is InChI=1S/C12H12N2O3/c1-7(2)10-9(12(15)16)5-13-11(14-10)8-3-4-17-6-8/h3-7H,1-2H3,(H,15,16). The van der Waals surface area contributed by atoms with Gasteiger partial charge in [-0.1, -0.05) is 13.8 Å². The summed E-state index contributed by atoms with van der Waals surface area (Å²) in [7, 11) is 0. The van der Waals surface area contributed by atoms with Crippen LogP contribution in [0.1, 0.15) is 35.8 Å². The van der Waals surface area contributed by atoms with Gasteiger partial charge in [0.05, 0.1) is 23.1 Å². The van der Waals surface area contributed by atoms with Gasteiger partial charge in [0.15, 0.2) is 5.82 Å². The van der Waals surface area contributed by atoms with Crippen LogP contribution in [0.4, 0.5) is 0 Å². The van der Waals surface area contributed by atoms with Crippen LogP contribution in [0.5, 0.6) is 0 Å². The largest absolute Gasteiger partial charge is 0.478 e. The zero-order valence-electron chi connectivity index (χ0n) is 9.54. The number of furan rings is 1. The highest BCUT2D eigenvalue weighted by Crippen LogP contribution is 2.21. The lowest BCUT2D eigenvalue weighted by molar-refractivity contribution is 0.0694. The fraction of sp³-hybridized carbons (Fsp3) is 0.250. The number of aromatic carboxylic acids is 1. The van der Waals surface area contributed by atoms with Crippen LogP contribution >= 0.6 is 0 Å². The van der Waals surface area contributed by atoms with Gasteiger partial charge in [0, 0.05) is 6.20 Å². The first-order valence-corrected chi connectivity index (χ1v) is 5.22. The Morgan fingerprint density at radius 2 is 2.24 bits per heavy atom. The van der Waals surface area contributed by atoms with Crippen molar-refractivity contribution in [1.29, 1.82) is 0 Å². The number of hydrogen-bond donors (Lipinski definition) is 1. The minimum Gasteiger partial charge on any atom is -0.478 e. The minimum absolute atomic E-state index is 0.0229. The minimum atomic E-state index is -1.01. The summed E-state index contributed by atoms with van der Waals surface area (Å²) in [4.78, 5) is 19.3. The van der Waals surface area contributed by atoms with Gasteiger partial charge in [0.1, 0.15) is 6.26 Å². The Labute approximate surface area is 98.1 Å². The zero-order valence-corrected chi connectivity index (χ0v) is 9.54. The Morgan fingerprint density at radius 1 is 1.47 bits per heavy atom. The lowest BCUT2D eigenvalue weighted by Gasteiger charge is -2.09. The second-order valence-corrected chi connectivity index (χ2v) is 3.96. The predicted molar refractivity (Wildman–Crippen MR) is 60.8 cm³/mol. The maximum atomic E-state index is 11.0. The smallest absolute Gasteiger partial charge is 0.339 e. The van der Waals surface area contributed by atoms with Gasteiger partial charge in [0.2, 0.25) is 0 Å². The van der Waals surface area contributed by atoms with Crippen molar-refractivity contribution in [2.75, 3.05) is 0 Å². The van der Waals surface area contributed by atoms with Crippen LogP contribution < -0.4 is 0 Å². The summed E-state index contributed by atoms with van der Waals surface area (Å²) in [5, 5.41) is 9.04. The number of rotatable bonds is 3. The summed E-state index contributed by atoms with van der Waals surface area (Å²) in [6, 6.07) is 1.74. The molecule has 0 aliphatic carbocycles. The van der Waals surface area contributed by atoms with Crippen LogP contribution in [-0.4, -0.2) is 21.0 Å². The number of carbonyl (C=O) groups is 1. The van der Waals surface area contributed by atoms with Gasteiger partial charge in [-0.25, -0.2) is 14.8 Å². The highest BCUT2D eigenvalue weighted by Gasteiger charge is 2.16. The van der Waals surface area contributed by atoms with Crippen molar-refractivity contribution in [2.24, 2.45) is 0 Å². The van der Waals surface area contributed by atoms with E-state index in [2.05, 4.69) is 9.97 Å². The summed E-state index contributed by atoms with van der Waals surface area (Å²) in [5.41, 5.74) is 1.42. The highest BCUT2D eigenvalue weighted by molar-refractivity contribution is 5.88. The molecular formula is C12H12N2O3. The summed E-state index contributed by atoms with van der Waals surface area (Å²) in [5.74, 6) is -0.505. The molecule has 2 heterocycles. The van der Waals surface area contributed by atoms with Gasteiger partial charge in [-0.3, -0.25) is 0 Å². The molecule has 0 bridgehead atoms. The zero-order chi connectivity index (χ0) is 12.4. The molecule has 5 heteroatoms. The second-order valence-electron chi connectivity index (χ2n) is 3.96. The molecule has 0 aliphatic rings. The van der Waals surface area contributed by atoms with E-state index >= 15 is 0 Å². The van der Waals surface area contributed by atoms with Gasteiger partial charge >= 0.3 is 5.97 Å². The first-order chi connectivity index (χ1) is 8.09. The lowest BCUT2D eigenvalue weighted by Crippen LogP contribution is -2.08. The Balaban J connectivity index is 2.53. The van der Waals surface area contributed by atoms with Gasteiger partial charge in [0.25, 0.3) is 0 Å². The van der Waals surface area contributed by atoms with Gasteiger partial charge in [-0.15, -0.1) is 0 Å². The van der Waals surface area contributed by atoms with E-state index in [4.69, 9.17) is 9.52 Å². The second kappa shape index (κ2) is 4.37. The van der Waals surface area contributed by atoms with Crippen molar-refractivity contribution < 1.29 is 14.3 Å². The molecule has 2 rings (SSSR count). The molecule has 0 atom stereocenters. The summed E-state index contributed by atoms with van der Waals surface area (Å²) in [6.07, 6.45) is 4.39. The third kappa shape index (κ3) is 2.18. The summed E-state index contributed by atoms with van der Waals surface area (Å²) in [6.45, 7) is 3.79. The lowest BCUT2D eigenvalue weighted by atomic mass is 10.1. The van der Waals surface area contributed by atoms with Crippen LogP contribution in [0, 0.1) is 0 Å². The summed E-state index contributed by atoms with van der Waals surface area (Å²) >= 11 is 0. The van der Waals surface area contributed by atoms with Crippen molar-refractivity contribution in [2.45, 2.75) is 19.8 Å². The molecule has 0 aromatic carbocycles. The van der Waals surface area contributed by atoms with Gasteiger partial charge in [-0.2, -0.15) is 0 Å². The van der Waals surface area contributed by atoms with Crippen LogP contribution in [0.3, 0.4) is 0 Å². The molecule has 0 aliphatic heterocycles. The molecule has 5 nitrogen and oxygen atoms in total. The molecule has 88 valence electrons. The van der Waals surface area contributed by atoms with Gasteiger partial charge in [-0.05, 0) is 12.0 Å². The van der Waals surface area contributed by atoms with Crippen molar-refractivity contribution in [1.82, 2.24) is 9.97 Å². The van der Waals surface area contributed by atoms with Gasteiger partial charge < -0.3 is 9.52 Å². The van der Waals surface area contributed by atoms with Crippen LogP contribution in [-0.2, 0) is 0 Å². The molecule has 2 aromatic rings. The molecule has 0 fully saturated rings. The van der Waals surface area contributed by atoms with Crippen LogP contribution in [0.15, 0.2) is 29.2 Å². The molecule has 1 N–H and O–H groups in total. The fourth-order valence-corrected chi connectivity index (χ4v) is 1.53. The van der Waals surface area contributed by atoms with Crippen LogP contribution in [0.2, 0.25) is 0 Å². The van der Waals surface area contributed by atoms with Crippen LogP contribution in [0.25, 0.3) is 11.4 Å². The number of carboxylic acids is 1. The maximum absolute atomic E-state index is 11.0. The topological polar surface area (TPSA) is 76.2 Å². The number of aromatic nitrogens is 2. The first-order valence-electron chi connectivity index (χ1n) is 5.22. The predicted octanol–water partition coefficient (Wildman–Crippen LogP) is 2.56. The third-order valence-corrected chi connectivity index (χ3v) is 2.37. The van der Waals surface area contributed by atoms with E-state index in [1.807, 2.05) is 13.8 Å². The van der Waals surface area contributed by atoms with E-state index in [-0.39, 0.29) is 11.5 Å². The average molecular weight is 232 g/mol. The normalized spacial score (nSPS) is 10.8. The maximum Gasteiger partial charge on any atom is 0.339 e. The number of carboxylic acid groups (broad SMARTS) is 1. The average Bonchev–Trinajstić information content (AvgIpc) is 2.81. The van der Waals surface area contributed by atoms with E-state index in [1.165, 1.54) is 18.7 Å². The van der Waals surface area contributed by atoms with E-state index in [1.54, 1.807) is 6.07 Å². The highest BCUT2D eigenvalue weighted by atomic mass is 16.4. The SMILES string of the molecule is CC(C)c1nc(-c2ccoc2)ncc1C(=O)O. The first kappa shape index (κ1) is 11.3.